The van der Waals surface area contributed by atoms with Gasteiger partial charge in [0.25, 0.3) is 0 Å². The zero-order valence-corrected chi connectivity index (χ0v) is 17.8. The molecule has 0 bridgehead atoms. The van der Waals surface area contributed by atoms with Gasteiger partial charge in [-0.1, -0.05) is 52.4 Å². The third-order valence-electron chi connectivity index (χ3n) is 2.82. The molecule has 10 radical (unpaired) electrons. The molecule has 0 aromatic heterocycles. The first-order valence-electron chi connectivity index (χ1n) is 8.75. The number of rotatable bonds is 6. The molecular formula is C22H36Zr. The maximum absolute atomic E-state index is 3.72. The quantitative estimate of drug-likeness (QED) is 0.343. The SMILES string of the molecule is [CH2-]CCCCC.[CH2-]CCCCC.[CH]1[CH][CH][CH][CH]1.[CH]1[CH][CH][CH][CH]1.[Zr+2]. The van der Waals surface area contributed by atoms with Crippen LogP contribution in [0.1, 0.15) is 65.2 Å². The standard InChI is InChI=1S/2C6H13.2C5H5.Zr/c2*1-3-5-6-4-2;2*1-2-4-5-3-1;/h2*1,3-6H2,2H3;2*1-5H;/q2*-1;;;+2. The Morgan fingerprint density at radius 1 is 0.478 bits per heavy atom. The van der Waals surface area contributed by atoms with Gasteiger partial charge in [-0.2, -0.15) is 12.8 Å². The molecule has 0 heterocycles. The summed E-state index contributed by atoms with van der Waals surface area (Å²) in [5.41, 5.74) is 0. The summed E-state index contributed by atoms with van der Waals surface area (Å²) in [5, 5.41) is 0. The maximum atomic E-state index is 3.72. The van der Waals surface area contributed by atoms with Crippen LogP contribution >= 0.6 is 0 Å². The van der Waals surface area contributed by atoms with Crippen molar-refractivity contribution < 1.29 is 26.2 Å². The third-order valence-corrected chi connectivity index (χ3v) is 2.82. The van der Waals surface area contributed by atoms with Crippen LogP contribution in [0.2, 0.25) is 0 Å². The minimum Gasteiger partial charge on any atom is -0.343 e. The van der Waals surface area contributed by atoms with Crippen LogP contribution in [-0.4, -0.2) is 0 Å². The van der Waals surface area contributed by atoms with Crippen molar-refractivity contribution in [2.75, 3.05) is 0 Å². The van der Waals surface area contributed by atoms with Crippen LogP contribution in [0.15, 0.2) is 0 Å². The first-order valence-corrected chi connectivity index (χ1v) is 8.75. The largest absolute Gasteiger partial charge is 2.00 e. The van der Waals surface area contributed by atoms with Gasteiger partial charge in [0.2, 0.25) is 0 Å². The van der Waals surface area contributed by atoms with Crippen molar-refractivity contribution in [2.24, 2.45) is 0 Å². The van der Waals surface area contributed by atoms with Crippen molar-refractivity contribution in [2.45, 2.75) is 65.2 Å². The van der Waals surface area contributed by atoms with E-state index in [1.807, 2.05) is 64.2 Å². The molecule has 0 aromatic carbocycles. The molecule has 2 rings (SSSR count). The molecular weight excluding hydrogens is 355 g/mol. The molecule has 23 heavy (non-hydrogen) atoms. The fourth-order valence-corrected chi connectivity index (χ4v) is 1.50. The second-order valence-corrected chi connectivity index (χ2v) is 5.05. The number of hydrogen-bond acceptors (Lipinski definition) is 0. The van der Waals surface area contributed by atoms with Crippen LogP contribution in [0.5, 0.6) is 0 Å². The van der Waals surface area contributed by atoms with Crippen LogP contribution < -0.4 is 0 Å². The average Bonchev–Trinajstić information content (AvgIpc) is 3.29. The van der Waals surface area contributed by atoms with Gasteiger partial charge < -0.3 is 13.8 Å². The van der Waals surface area contributed by atoms with Gasteiger partial charge in [-0.3, -0.25) is 0 Å². The van der Waals surface area contributed by atoms with Gasteiger partial charge in [-0.25, -0.2) is 0 Å². The number of unbranched alkanes of at least 4 members (excludes halogenated alkanes) is 6. The van der Waals surface area contributed by atoms with Crippen molar-refractivity contribution in [1.29, 1.82) is 0 Å². The minimum absolute atomic E-state index is 0. The summed E-state index contributed by atoms with van der Waals surface area (Å²) in [5.74, 6) is 0. The van der Waals surface area contributed by atoms with Gasteiger partial charge >= 0.3 is 26.2 Å². The van der Waals surface area contributed by atoms with Gasteiger partial charge in [0.15, 0.2) is 0 Å². The van der Waals surface area contributed by atoms with Crippen molar-refractivity contribution in [3.63, 3.8) is 0 Å². The van der Waals surface area contributed by atoms with Gasteiger partial charge in [-0.05, 0) is 64.2 Å². The Hall–Kier alpha value is 0.883. The summed E-state index contributed by atoms with van der Waals surface area (Å²) in [4.78, 5) is 0. The fourth-order valence-electron chi connectivity index (χ4n) is 1.50. The van der Waals surface area contributed by atoms with E-state index in [0.29, 0.717) is 0 Å². The zero-order valence-electron chi connectivity index (χ0n) is 15.3. The smallest absolute Gasteiger partial charge is 0.343 e. The van der Waals surface area contributed by atoms with Crippen molar-refractivity contribution in [3.05, 3.63) is 78.1 Å². The molecule has 128 valence electrons. The summed E-state index contributed by atoms with van der Waals surface area (Å²) >= 11 is 0. The van der Waals surface area contributed by atoms with E-state index >= 15 is 0 Å². The van der Waals surface area contributed by atoms with Crippen LogP contribution in [-0.2, 0) is 26.2 Å². The molecule has 2 saturated carbocycles. The predicted octanol–water partition coefficient (Wildman–Crippen LogP) is 6.84. The van der Waals surface area contributed by atoms with Gasteiger partial charge in [-0.15, -0.1) is 0 Å². The van der Waals surface area contributed by atoms with Crippen LogP contribution in [0.25, 0.3) is 0 Å². The summed E-state index contributed by atoms with van der Waals surface area (Å²) in [7, 11) is 0. The Morgan fingerprint density at radius 3 is 0.783 bits per heavy atom. The van der Waals surface area contributed by atoms with Gasteiger partial charge in [0, 0.05) is 0 Å². The van der Waals surface area contributed by atoms with E-state index < -0.39 is 0 Å². The van der Waals surface area contributed by atoms with Crippen molar-refractivity contribution in [3.8, 4) is 0 Å². The van der Waals surface area contributed by atoms with Gasteiger partial charge in [0.05, 0.1) is 0 Å². The molecule has 0 saturated heterocycles. The molecule has 2 aliphatic carbocycles. The van der Waals surface area contributed by atoms with Crippen LogP contribution in [0, 0.1) is 78.1 Å². The fraction of sp³-hybridized carbons (Fsp3) is 0.455. The molecule has 2 fully saturated rings. The van der Waals surface area contributed by atoms with E-state index in [-0.39, 0.29) is 26.2 Å². The molecule has 0 aromatic rings. The topological polar surface area (TPSA) is 0 Å². The minimum atomic E-state index is 0. The first kappa shape index (κ1) is 28.7. The van der Waals surface area contributed by atoms with Gasteiger partial charge in [0.1, 0.15) is 0 Å². The number of hydrogen-bond donors (Lipinski definition) is 0. The Morgan fingerprint density at radius 2 is 0.696 bits per heavy atom. The molecule has 1 heteroatoms. The summed E-state index contributed by atoms with van der Waals surface area (Å²) in [6.07, 6.45) is 30.1. The van der Waals surface area contributed by atoms with Crippen LogP contribution in [0.3, 0.4) is 0 Å². The average molecular weight is 392 g/mol. The maximum Gasteiger partial charge on any atom is 2.00 e. The molecule has 0 N–H and O–H groups in total. The molecule has 0 nitrogen and oxygen atoms in total. The third kappa shape index (κ3) is 35.0. The van der Waals surface area contributed by atoms with E-state index in [2.05, 4.69) is 27.7 Å². The zero-order chi connectivity index (χ0) is 16.7. The van der Waals surface area contributed by atoms with Crippen molar-refractivity contribution in [1.82, 2.24) is 0 Å². The first-order chi connectivity index (χ1) is 10.8. The van der Waals surface area contributed by atoms with E-state index in [1.165, 1.54) is 38.5 Å². The molecule has 0 spiro atoms. The van der Waals surface area contributed by atoms with E-state index in [9.17, 15) is 0 Å². The summed E-state index contributed by atoms with van der Waals surface area (Å²) in [6, 6.07) is 0. The second kappa shape index (κ2) is 30.7. The summed E-state index contributed by atoms with van der Waals surface area (Å²) in [6.45, 7) is 11.9. The molecule has 0 atom stereocenters. The predicted molar refractivity (Wildman–Crippen MR) is 102 cm³/mol. The van der Waals surface area contributed by atoms with E-state index in [1.54, 1.807) is 0 Å². The Kier molecular flexibility index (Phi) is 38.3. The monoisotopic (exact) mass is 390 g/mol. The Balaban J connectivity index is -0.000000229. The Labute approximate surface area is 169 Å². The van der Waals surface area contributed by atoms with E-state index in [4.69, 9.17) is 0 Å². The molecule has 0 unspecified atom stereocenters. The molecule has 2 aliphatic rings. The second-order valence-electron chi connectivity index (χ2n) is 5.05. The molecule has 0 aliphatic heterocycles. The normalized spacial score (nSPS) is 15.1. The Bertz CT molecular complexity index is 107. The van der Waals surface area contributed by atoms with Crippen molar-refractivity contribution >= 4 is 0 Å². The van der Waals surface area contributed by atoms with E-state index in [0.717, 1.165) is 12.8 Å². The summed E-state index contributed by atoms with van der Waals surface area (Å²) < 4.78 is 0. The van der Waals surface area contributed by atoms with Crippen LogP contribution in [0.4, 0.5) is 0 Å². The molecule has 0 amide bonds.